The highest BCUT2D eigenvalue weighted by Gasteiger charge is 2.62. The van der Waals surface area contributed by atoms with Crippen molar-refractivity contribution in [3.8, 4) is 0 Å². The lowest BCUT2D eigenvalue weighted by Gasteiger charge is -2.72. The normalized spacial score (nSPS) is 36.4. The Morgan fingerprint density at radius 3 is 2.59 bits per heavy atom. The summed E-state index contributed by atoms with van der Waals surface area (Å²) in [6.45, 7) is 15.5. The molecule has 1 nitrogen and oxygen atoms in total. The van der Waals surface area contributed by atoms with Crippen LogP contribution in [-0.2, 0) is 0 Å². The molecule has 2 fully saturated rings. The minimum absolute atomic E-state index is 0.456. The van der Waals surface area contributed by atoms with Gasteiger partial charge in [0, 0.05) is 24.0 Å². The van der Waals surface area contributed by atoms with Gasteiger partial charge in [-0.3, -0.25) is 4.90 Å². The third-order valence-electron chi connectivity index (χ3n) is 5.06. The molecule has 0 amide bonds. The van der Waals surface area contributed by atoms with Gasteiger partial charge in [-0.1, -0.05) is 32.4 Å². The highest BCUT2D eigenvalue weighted by molar-refractivity contribution is 5.24. The van der Waals surface area contributed by atoms with Gasteiger partial charge in [0.05, 0.1) is 0 Å². The maximum atomic E-state index is 2.72. The molecule has 17 heavy (non-hydrogen) atoms. The van der Waals surface area contributed by atoms with E-state index in [1.165, 1.54) is 19.4 Å². The van der Waals surface area contributed by atoms with Gasteiger partial charge < -0.3 is 0 Å². The van der Waals surface area contributed by atoms with Gasteiger partial charge in [-0.15, -0.1) is 0 Å². The molecule has 0 spiro atoms. The zero-order valence-electron chi connectivity index (χ0n) is 12.5. The second-order valence-electron chi connectivity index (χ2n) is 7.00. The summed E-state index contributed by atoms with van der Waals surface area (Å²) in [5, 5.41) is 0. The topological polar surface area (TPSA) is 3.24 Å². The van der Waals surface area contributed by atoms with Gasteiger partial charge in [0.2, 0.25) is 0 Å². The van der Waals surface area contributed by atoms with Crippen molar-refractivity contribution in [2.24, 2.45) is 17.8 Å². The summed E-state index contributed by atoms with van der Waals surface area (Å²) in [7, 11) is 0. The number of allylic oxidation sites excluding steroid dienone is 1. The van der Waals surface area contributed by atoms with Crippen LogP contribution in [0.3, 0.4) is 0 Å². The van der Waals surface area contributed by atoms with Crippen LogP contribution in [0.25, 0.3) is 0 Å². The molecule has 3 atom stereocenters. The predicted octanol–water partition coefficient (Wildman–Crippen LogP) is 4.10. The standard InChI is InChI=1S/C16H29N/c1-7-8-12(4)13-10-17-15(13)14(9-11(2)3)16(17,5)6/h8,11,13-15H,7,9-10H2,1-6H3/b12-8+. The SMILES string of the molecule is CC/C=C(\C)C1CN2C1C(CC(C)C)C2(C)C. The van der Waals surface area contributed by atoms with Crippen molar-refractivity contribution in [2.45, 2.75) is 66.0 Å². The Hall–Kier alpha value is -0.300. The summed E-state index contributed by atoms with van der Waals surface area (Å²) in [6.07, 6.45) is 5.01. The second-order valence-corrected chi connectivity index (χ2v) is 7.00. The lowest BCUT2D eigenvalue weighted by molar-refractivity contribution is -0.213. The quantitative estimate of drug-likeness (QED) is 0.663. The molecule has 2 aliphatic rings. The van der Waals surface area contributed by atoms with Gasteiger partial charge in [0.1, 0.15) is 0 Å². The summed E-state index contributed by atoms with van der Waals surface area (Å²) >= 11 is 0. The number of rotatable bonds is 4. The lowest BCUT2D eigenvalue weighted by Crippen LogP contribution is -2.81. The molecule has 1 heteroatoms. The van der Waals surface area contributed by atoms with Crippen molar-refractivity contribution in [3.05, 3.63) is 11.6 Å². The highest BCUT2D eigenvalue weighted by atomic mass is 15.4. The molecule has 0 N–H and O–H groups in total. The van der Waals surface area contributed by atoms with Crippen LogP contribution < -0.4 is 0 Å². The van der Waals surface area contributed by atoms with E-state index in [4.69, 9.17) is 0 Å². The molecule has 0 aromatic heterocycles. The van der Waals surface area contributed by atoms with Gasteiger partial charge in [0.15, 0.2) is 0 Å². The fourth-order valence-corrected chi connectivity index (χ4v) is 4.01. The van der Waals surface area contributed by atoms with E-state index in [0.29, 0.717) is 5.54 Å². The molecule has 2 rings (SSSR count). The fraction of sp³-hybridized carbons (Fsp3) is 0.875. The van der Waals surface area contributed by atoms with Crippen LogP contribution in [0.1, 0.15) is 54.4 Å². The van der Waals surface area contributed by atoms with Crippen LogP contribution in [0.5, 0.6) is 0 Å². The molecule has 2 aliphatic heterocycles. The van der Waals surface area contributed by atoms with E-state index in [9.17, 15) is 0 Å². The predicted molar refractivity (Wildman–Crippen MR) is 75.1 cm³/mol. The Kier molecular flexibility index (Phi) is 3.42. The molecule has 98 valence electrons. The first-order valence-corrected chi connectivity index (χ1v) is 7.33. The molecule has 0 aromatic rings. The van der Waals surface area contributed by atoms with Crippen LogP contribution in [0, 0.1) is 17.8 Å². The van der Waals surface area contributed by atoms with Crippen molar-refractivity contribution in [1.29, 1.82) is 0 Å². The van der Waals surface area contributed by atoms with Crippen LogP contribution in [0.2, 0.25) is 0 Å². The largest absolute Gasteiger partial charge is 0.293 e. The van der Waals surface area contributed by atoms with Gasteiger partial charge in [0.25, 0.3) is 0 Å². The van der Waals surface area contributed by atoms with Crippen LogP contribution in [0.15, 0.2) is 11.6 Å². The first kappa shape index (κ1) is 13.1. The molecule has 0 bridgehead atoms. The molecular formula is C16H29N. The molecule has 0 aliphatic carbocycles. The molecule has 0 saturated carbocycles. The Bertz CT molecular complexity index is 313. The Morgan fingerprint density at radius 1 is 1.41 bits per heavy atom. The van der Waals surface area contributed by atoms with E-state index < -0.39 is 0 Å². The van der Waals surface area contributed by atoms with Crippen molar-refractivity contribution >= 4 is 0 Å². The summed E-state index contributed by atoms with van der Waals surface area (Å²) in [5.41, 5.74) is 2.09. The smallest absolute Gasteiger partial charge is 0.0224 e. The van der Waals surface area contributed by atoms with E-state index in [-0.39, 0.29) is 0 Å². The van der Waals surface area contributed by atoms with E-state index in [1.54, 1.807) is 5.57 Å². The number of hydrogen-bond acceptors (Lipinski definition) is 1. The number of nitrogens with zero attached hydrogens (tertiary/aromatic N) is 1. The minimum Gasteiger partial charge on any atom is -0.293 e. The van der Waals surface area contributed by atoms with Crippen LogP contribution in [0.4, 0.5) is 0 Å². The maximum Gasteiger partial charge on any atom is 0.0224 e. The van der Waals surface area contributed by atoms with Crippen molar-refractivity contribution < 1.29 is 0 Å². The van der Waals surface area contributed by atoms with Crippen LogP contribution in [-0.4, -0.2) is 23.0 Å². The Morgan fingerprint density at radius 2 is 2.06 bits per heavy atom. The zero-order valence-corrected chi connectivity index (χ0v) is 12.5. The number of hydrogen-bond donors (Lipinski definition) is 0. The summed E-state index contributed by atoms with van der Waals surface area (Å²) in [6, 6.07) is 0.857. The summed E-state index contributed by atoms with van der Waals surface area (Å²) in [5.74, 6) is 2.59. The molecule has 0 radical (unpaired) electrons. The lowest BCUT2D eigenvalue weighted by atomic mass is 9.56. The molecule has 2 heterocycles. The number of fused-ring (bicyclic) bond motifs is 1. The van der Waals surface area contributed by atoms with Crippen molar-refractivity contribution in [3.63, 3.8) is 0 Å². The maximum absolute atomic E-state index is 2.72. The van der Waals surface area contributed by atoms with E-state index >= 15 is 0 Å². The van der Waals surface area contributed by atoms with Gasteiger partial charge in [-0.25, -0.2) is 0 Å². The molecule has 3 unspecified atom stereocenters. The Balaban J connectivity index is 2.05. The molecule has 2 saturated heterocycles. The van der Waals surface area contributed by atoms with Crippen molar-refractivity contribution in [2.75, 3.05) is 6.54 Å². The Labute approximate surface area is 107 Å². The molecular weight excluding hydrogens is 206 g/mol. The monoisotopic (exact) mass is 235 g/mol. The second kappa shape index (κ2) is 4.42. The highest BCUT2D eigenvalue weighted by Crippen LogP contribution is 2.56. The minimum atomic E-state index is 0.456. The van der Waals surface area contributed by atoms with Crippen LogP contribution >= 0.6 is 0 Å². The zero-order chi connectivity index (χ0) is 12.8. The van der Waals surface area contributed by atoms with Gasteiger partial charge >= 0.3 is 0 Å². The fourth-order valence-electron chi connectivity index (χ4n) is 4.01. The average Bonchev–Trinajstić information content (AvgIpc) is 2.14. The van der Waals surface area contributed by atoms with Crippen molar-refractivity contribution in [1.82, 2.24) is 4.90 Å². The van der Waals surface area contributed by atoms with Gasteiger partial charge in [-0.2, -0.15) is 0 Å². The van der Waals surface area contributed by atoms with E-state index in [2.05, 4.69) is 52.5 Å². The van der Waals surface area contributed by atoms with Gasteiger partial charge in [-0.05, 0) is 45.4 Å². The summed E-state index contributed by atoms with van der Waals surface area (Å²) < 4.78 is 0. The third kappa shape index (κ3) is 1.97. The van der Waals surface area contributed by atoms with E-state index in [0.717, 1.165) is 23.8 Å². The first-order chi connectivity index (χ1) is 7.89. The average molecular weight is 235 g/mol. The molecule has 0 aromatic carbocycles. The van der Waals surface area contributed by atoms with E-state index in [1.807, 2.05) is 0 Å². The first-order valence-electron chi connectivity index (χ1n) is 7.33. The number of piperidine rings is 1. The summed E-state index contributed by atoms with van der Waals surface area (Å²) in [4.78, 5) is 2.72. The third-order valence-corrected chi connectivity index (χ3v) is 5.06.